The predicted molar refractivity (Wildman–Crippen MR) is 96.1 cm³/mol. The van der Waals surface area contributed by atoms with Crippen LogP contribution in [0, 0.1) is 23.7 Å². The maximum Gasteiger partial charge on any atom is 0.0647 e. The lowest BCUT2D eigenvalue weighted by Gasteiger charge is -2.37. The fraction of sp³-hybridized carbons (Fsp3) is 0.905. The van der Waals surface area contributed by atoms with Crippen molar-refractivity contribution < 1.29 is 4.74 Å². The molecule has 0 aromatic rings. The van der Waals surface area contributed by atoms with Gasteiger partial charge in [0.25, 0.3) is 0 Å². The third-order valence-electron chi connectivity index (χ3n) is 6.04. The van der Waals surface area contributed by atoms with Crippen molar-refractivity contribution in [1.82, 2.24) is 0 Å². The Morgan fingerprint density at radius 1 is 0.818 bits per heavy atom. The second kappa shape index (κ2) is 10.5. The van der Waals surface area contributed by atoms with Crippen molar-refractivity contribution in [3.63, 3.8) is 0 Å². The normalized spacial score (nSPS) is 33.4. The summed E-state index contributed by atoms with van der Waals surface area (Å²) >= 11 is 0. The summed E-state index contributed by atoms with van der Waals surface area (Å²) in [6, 6.07) is 0. The average Bonchev–Trinajstić information content (AvgIpc) is 2.56. The molecule has 0 saturated heterocycles. The largest absolute Gasteiger partial charge is 0.377 e. The molecule has 0 aromatic heterocycles. The summed E-state index contributed by atoms with van der Waals surface area (Å²) in [6.45, 7) is 6.22. The van der Waals surface area contributed by atoms with Crippen molar-refractivity contribution in [2.45, 2.75) is 84.5 Å². The van der Waals surface area contributed by atoms with E-state index in [4.69, 9.17) is 4.74 Å². The number of ether oxygens (including phenoxy) is 1. The molecule has 128 valence electrons. The fourth-order valence-corrected chi connectivity index (χ4v) is 4.71. The summed E-state index contributed by atoms with van der Waals surface area (Å²) in [7, 11) is 0. The molecule has 1 heteroatoms. The van der Waals surface area contributed by atoms with Crippen LogP contribution in [0.1, 0.15) is 84.5 Å². The molecular formula is C21H38O. The molecule has 0 amide bonds. The predicted octanol–water partition coefficient (Wildman–Crippen LogP) is 6.38. The lowest BCUT2D eigenvalue weighted by atomic mass is 9.69. The number of rotatable bonds is 8. The first-order valence-corrected chi connectivity index (χ1v) is 10.1. The maximum absolute atomic E-state index is 5.53. The Morgan fingerprint density at radius 2 is 1.45 bits per heavy atom. The zero-order chi connectivity index (χ0) is 15.6. The van der Waals surface area contributed by atoms with Gasteiger partial charge >= 0.3 is 0 Å². The second-order valence-electron chi connectivity index (χ2n) is 7.75. The van der Waals surface area contributed by atoms with Gasteiger partial charge in [-0.15, -0.1) is 0 Å². The Kier molecular flexibility index (Phi) is 8.59. The first kappa shape index (κ1) is 18.0. The average molecular weight is 307 g/mol. The summed E-state index contributed by atoms with van der Waals surface area (Å²) in [5.74, 6) is 4.00. The van der Waals surface area contributed by atoms with Gasteiger partial charge in [0.05, 0.1) is 6.61 Å². The molecule has 0 radical (unpaired) electrons. The highest BCUT2D eigenvalue weighted by Gasteiger charge is 2.29. The van der Waals surface area contributed by atoms with Gasteiger partial charge in [-0.3, -0.25) is 0 Å². The van der Waals surface area contributed by atoms with Crippen LogP contribution in [-0.2, 0) is 4.74 Å². The molecule has 0 aromatic carbocycles. The van der Waals surface area contributed by atoms with E-state index in [0.717, 1.165) is 43.3 Å². The molecule has 22 heavy (non-hydrogen) atoms. The Balaban J connectivity index is 1.61. The minimum Gasteiger partial charge on any atom is -0.377 e. The van der Waals surface area contributed by atoms with Crippen LogP contribution in [0.3, 0.4) is 0 Å². The molecular weight excluding hydrogens is 268 g/mol. The van der Waals surface area contributed by atoms with E-state index in [1.54, 1.807) is 0 Å². The van der Waals surface area contributed by atoms with Gasteiger partial charge in [-0.25, -0.2) is 0 Å². The van der Waals surface area contributed by atoms with Crippen LogP contribution in [0.4, 0.5) is 0 Å². The number of allylic oxidation sites excluding steroid dienone is 1. The van der Waals surface area contributed by atoms with Gasteiger partial charge in [-0.2, -0.15) is 0 Å². The highest BCUT2D eigenvalue weighted by molar-refractivity contribution is 4.92. The number of hydrogen-bond acceptors (Lipinski definition) is 1. The molecule has 2 saturated carbocycles. The molecule has 0 spiro atoms. The van der Waals surface area contributed by atoms with E-state index in [1.165, 1.54) is 64.2 Å². The standard InChI is InChI=1S/C21H38O/c1-3-6-18-8-12-20(13-9-18)21-14-10-19(11-15-21)7-5-17-22-16-4-2/h5,7,18-21H,3-4,6,8-17H2,1-2H3/t18-,19-,20-,21-. The summed E-state index contributed by atoms with van der Waals surface area (Å²) in [4.78, 5) is 0. The van der Waals surface area contributed by atoms with E-state index in [-0.39, 0.29) is 0 Å². The van der Waals surface area contributed by atoms with Crippen LogP contribution in [0.25, 0.3) is 0 Å². The topological polar surface area (TPSA) is 9.23 Å². The molecule has 2 fully saturated rings. The Bertz CT molecular complexity index is 293. The fourth-order valence-electron chi connectivity index (χ4n) is 4.71. The molecule has 2 aliphatic carbocycles. The number of hydrogen-bond donors (Lipinski definition) is 0. The molecule has 0 atom stereocenters. The van der Waals surface area contributed by atoms with Crippen LogP contribution in [-0.4, -0.2) is 13.2 Å². The minimum absolute atomic E-state index is 0.815. The van der Waals surface area contributed by atoms with Crippen molar-refractivity contribution in [2.24, 2.45) is 23.7 Å². The SMILES string of the molecule is CCCOCC=C[C@H]1CC[C@H]([C@H]2CC[C@H](CCC)CC2)CC1. The molecule has 2 aliphatic rings. The molecule has 0 N–H and O–H groups in total. The molecule has 0 aliphatic heterocycles. The van der Waals surface area contributed by atoms with Crippen molar-refractivity contribution in [3.05, 3.63) is 12.2 Å². The van der Waals surface area contributed by atoms with Crippen LogP contribution in [0.2, 0.25) is 0 Å². The van der Waals surface area contributed by atoms with Crippen LogP contribution < -0.4 is 0 Å². The minimum atomic E-state index is 0.815. The summed E-state index contributed by atoms with van der Waals surface area (Å²) in [5, 5.41) is 0. The van der Waals surface area contributed by atoms with Crippen LogP contribution in [0.15, 0.2) is 12.2 Å². The molecule has 2 rings (SSSR count). The van der Waals surface area contributed by atoms with E-state index >= 15 is 0 Å². The van der Waals surface area contributed by atoms with Crippen LogP contribution in [0.5, 0.6) is 0 Å². The van der Waals surface area contributed by atoms with E-state index in [9.17, 15) is 0 Å². The maximum atomic E-state index is 5.53. The van der Waals surface area contributed by atoms with Crippen molar-refractivity contribution >= 4 is 0 Å². The lowest BCUT2D eigenvalue weighted by molar-refractivity contribution is 0.150. The zero-order valence-corrected chi connectivity index (χ0v) is 15.1. The van der Waals surface area contributed by atoms with Gasteiger partial charge in [-0.1, -0.05) is 51.7 Å². The van der Waals surface area contributed by atoms with Gasteiger partial charge in [0.1, 0.15) is 0 Å². The van der Waals surface area contributed by atoms with E-state index in [2.05, 4.69) is 26.0 Å². The van der Waals surface area contributed by atoms with E-state index in [1.807, 2.05) is 0 Å². The zero-order valence-electron chi connectivity index (χ0n) is 15.1. The highest BCUT2D eigenvalue weighted by Crippen LogP contribution is 2.42. The Labute approximate surface area is 138 Å². The first-order valence-electron chi connectivity index (χ1n) is 10.1. The monoisotopic (exact) mass is 306 g/mol. The summed E-state index contributed by atoms with van der Waals surface area (Å²) in [6.07, 6.45) is 20.6. The quantitative estimate of drug-likeness (QED) is 0.373. The second-order valence-corrected chi connectivity index (χ2v) is 7.75. The van der Waals surface area contributed by atoms with Crippen molar-refractivity contribution in [2.75, 3.05) is 13.2 Å². The Morgan fingerprint density at radius 3 is 2.05 bits per heavy atom. The van der Waals surface area contributed by atoms with E-state index < -0.39 is 0 Å². The van der Waals surface area contributed by atoms with Gasteiger partial charge in [-0.05, 0) is 68.6 Å². The van der Waals surface area contributed by atoms with Gasteiger partial charge in [0.2, 0.25) is 0 Å². The van der Waals surface area contributed by atoms with Crippen molar-refractivity contribution in [1.29, 1.82) is 0 Å². The van der Waals surface area contributed by atoms with E-state index in [0.29, 0.717) is 0 Å². The first-order chi connectivity index (χ1) is 10.8. The molecule has 0 bridgehead atoms. The molecule has 0 unspecified atom stereocenters. The Hall–Kier alpha value is -0.300. The van der Waals surface area contributed by atoms with Gasteiger partial charge in [0, 0.05) is 6.61 Å². The molecule has 0 heterocycles. The third kappa shape index (κ3) is 6.07. The third-order valence-corrected chi connectivity index (χ3v) is 6.04. The summed E-state index contributed by atoms with van der Waals surface area (Å²) in [5.41, 5.74) is 0. The van der Waals surface area contributed by atoms with Crippen LogP contribution >= 0.6 is 0 Å². The highest BCUT2D eigenvalue weighted by atomic mass is 16.5. The van der Waals surface area contributed by atoms with Gasteiger partial charge < -0.3 is 4.74 Å². The summed E-state index contributed by atoms with van der Waals surface area (Å²) < 4.78 is 5.53. The lowest BCUT2D eigenvalue weighted by Crippen LogP contribution is -2.25. The molecule has 1 nitrogen and oxygen atoms in total. The van der Waals surface area contributed by atoms with Gasteiger partial charge in [0.15, 0.2) is 0 Å². The van der Waals surface area contributed by atoms with Crippen molar-refractivity contribution in [3.8, 4) is 0 Å². The smallest absolute Gasteiger partial charge is 0.0647 e.